The summed E-state index contributed by atoms with van der Waals surface area (Å²) in [5.41, 5.74) is 5.12. The van der Waals surface area contributed by atoms with E-state index in [4.69, 9.17) is 4.74 Å². The van der Waals surface area contributed by atoms with Gasteiger partial charge in [-0.05, 0) is 49.4 Å². The first-order valence-corrected chi connectivity index (χ1v) is 8.61. The summed E-state index contributed by atoms with van der Waals surface area (Å²) in [4.78, 5) is 4.49. The molecule has 1 atom stereocenters. The van der Waals surface area contributed by atoms with E-state index in [-0.39, 0.29) is 0 Å². The maximum Gasteiger partial charge on any atom is 0.0826 e. The van der Waals surface area contributed by atoms with E-state index < -0.39 is 0 Å². The molecule has 0 saturated carbocycles. The van der Waals surface area contributed by atoms with Crippen molar-refractivity contribution < 1.29 is 4.74 Å². The molecule has 1 aliphatic rings. The average molecular weight is 316 g/mol. The molecule has 0 radical (unpaired) electrons. The summed E-state index contributed by atoms with van der Waals surface area (Å²) in [7, 11) is 0. The Hall–Kier alpha value is -2.39. The number of pyridine rings is 1. The second-order valence-corrected chi connectivity index (χ2v) is 6.80. The number of ether oxygens (including phenoxy) is 1. The summed E-state index contributed by atoms with van der Waals surface area (Å²) in [6.07, 6.45) is 3.45. The fraction of sp³-hybridized carbons (Fsp3) is 0.286. The maximum atomic E-state index is 5.43. The quantitative estimate of drug-likeness (QED) is 0.511. The minimum Gasteiger partial charge on any atom is -0.373 e. The Kier molecular flexibility index (Phi) is 2.95. The molecular formula is C21H20N2O. The number of epoxide rings is 1. The van der Waals surface area contributed by atoms with Gasteiger partial charge in [-0.15, -0.1) is 0 Å². The lowest BCUT2D eigenvalue weighted by Gasteiger charge is -2.11. The first kappa shape index (κ1) is 14.0. The van der Waals surface area contributed by atoms with Crippen LogP contribution in [0.2, 0.25) is 0 Å². The molecule has 4 aromatic rings. The van der Waals surface area contributed by atoms with Crippen LogP contribution in [0, 0.1) is 13.8 Å². The van der Waals surface area contributed by atoms with Gasteiger partial charge in [0, 0.05) is 40.1 Å². The van der Waals surface area contributed by atoms with E-state index in [1.807, 2.05) is 6.20 Å². The Morgan fingerprint density at radius 2 is 1.92 bits per heavy atom. The molecule has 1 saturated heterocycles. The maximum absolute atomic E-state index is 5.43. The van der Waals surface area contributed by atoms with Gasteiger partial charge in [-0.3, -0.25) is 4.98 Å². The van der Waals surface area contributed by atoms with Gasteiger partial charge in [0.1, 0.15) is 0 Å². The fourth-order valence-corrected chi connectivity index (χ4v) is 3.98. The number of hydrogen-bond donors (Lipinski definition) is 0. The van der Waals surface area contributed by atoms with Crippen molar-refractivity contribution in [2.75, 3.05) is 6.61 Å². The molecule has 24 heavy (non-hydrogen) atoms. The van der Waals surface area contributed by atoms with Crippen LogP contribution in [0.4, 0.5) is 0 Å². The Morgan fingerprint density at radius 3 is 2.75 bits per heavy atom. The highest BCUT2D eigenvalue weighted by atomic mass is 16.6. The predicted octanol–water partition coefficient (Wildman–Crippen LogP) is 4.75. The molecule has 3 heteroatoms. The zero-order valence-corrected chi connectivity index (χ0v) is 14.0. The molecule has 0 unspecified atom stereocenters. The summed E-state index contributed by atoms with van der Waals surface area (Å²) >= 11 is 0. The lowest BCUT2D eigenvalue weighted by atomic mass is 10.0. The fourth-order valence-electron chi connectivity index (χ4n) is 3.98. The monoisotopic (exact) mass is 316 g/mol. The van der Waals surface area contributed by atoms with E-state index in [1.54, 1.807) is 0 Å². The number of aromatic nitrogens is 2. The van der Waals surface area contributed by atoms with Gasteiger partial charge in [-0.2, -0.15) is 0 Å². The SMILES string of the molecule is Cc1nccc2c(C)c3c(cc12)c1ccccc1n3CC[C@H]1CO1. The number of aryl methyl sites for hydroxylation is 3. The van der Waals surface area contributed by atoms with Crippen molar-refractivity contribution in [2.24, 2.45) is 0 Å². The van der Waals surface area contributed by atoms with Crippen molar-refractivity contribution in [2.45, 2.75) is 32.9 Å². The van der Waals surface area contributed by atoms with Gasteiger partial charge in [-0.1, -0.05) is 18.2 Å². The molecule has 3 nitrogen and oxygen atoms in total. The Balaban J connectivity index is 1.90. The van der Waals surface area contributed by atoms with Crippen molar-refractivity contribution in [3.63, 3.8) is 0 Å². The Bertz CT molecular complexity index is 1090. The molecule has 0 amide bonds. The summed E-state index contributed by atoms with van der Waals surface area (Å²) in [5, 5.41) is 5.23. The van der Waals surface area contributed by atoms with Crippen molar-refractivity contribution in [1.29, 1.82) is 0 Å². The molecule has 1 aliphatic heterocycles. The van der Waals surface area contributed by atoms with Crippen LogP contribution in [0.3, 0.4) is 0 Å². The summed E-state index contributed by atoms with van der Waals surface area (Å²) in [6.45, 7) is 6.26. The topological polar surface area (TPSA) is 30.4 Å². The molecule has 3 heterocycles. The van der Waals surface area contributed by atoms with Gasteiger partial charge < -0.3 is 9.30 Å². The zero-order chi connectivity index (χ0) is 16.3. The highest BCUT2D eigenvalue weighted by Crippen LogP contribution is 2.36. The van der Waals surface area contributed by atoms with Crippen LogP contribution < -0.4 is 0 Å². The third-order valence-corrected chi connectivity index (χ3v) is 5.32. The zero-order valence-electron chi connectivity index (χ0n) is 14.0. The number of hydrogen-bond acceptors (Lipinski definition) is 2. The summed E-state index contributed by atoms with van der Waals surface area (Å²) in [6, 6.07) is 13.2. The summed E-state index contributed by atoms with van der Waals surface area (Å²) < 4.78 is 7.91. The number of rotatable bonds is 3. The highest BCUT2D eigenvalue weighted by Gasteiger charge is 2.23. The number of fused-ring (bicyclic) bond motifs is 4. The van der Waals surface area contributed by atoms with Crippen molar-refractivity contribution >= 4 is 32.6 Å². The second kappa shape index (κ2) is 5.05. The highest BCUT2D eigenvalue weighted by molar-refractivity contribution is 6.14. The molecule has 1 fully saturated rings. The van der Waals surface area contributed by atoms with E-state index >= 15 is 0 Å². The van der Waals surface area contributed by atoms with E-state index in [0.29, 0.717) is 6.10 Å². The van der Waals surface area contributed by atoms with Crippen LogP contribution >= 0.6 is 0 Å². The van der Waals surface area contributed by atoms with Gasteiger partial charge in [0.05, 0.1) is 18.2 Å². The Labute approximate surface area is 140 Å². The van der Waals surface area contributed by atoms with Gasteiger partial charge >= 0.3 is 0 Å². The van der Waals surface area contributed by atoms with Gasteiger partial charge in [0.25, 0.3) is 0 Å². The number of para-hydroxylation sites is 1. The van der Waals surface area contributed by atoms with Crippen LogP contribution in [0.25, 0.3) is 32.6 Å². The molecule has 0 bridgehead atoms. The molecular weight excluding hydrogens is 296 g/mol. The van der Waals surface area contributed by atoms with Gasteiger partial charge in [0.2, 0.25) is 0 Å². The second-order valence-electron chi connectivity index (χ2n) is 6.80. The molecule has 120 valence electrons. The third-order valence-electron chi connectivity index (χ3n) is 5.32. The molecule has 2 aromatic heterocycles. The van der Waals surface area contributed by atoms with Crippen LogP contribution in [0.5, 0.6) is 0 Å². The van der Waals surface area contributed by atoms with Crippen LogP contribution in [0.15, 0.2) is 42.6 Å². The van der Waals surface area contributed by atoms with Crippen LogP contribution in [-0.4, -0.2) is 22.3 Å². The number of nitrogens with zero attached hydrogens (tertiary/aromatic N) is 2. The standard InChI is InChI=1S/C21H20N2O/c1-13-16-7-9-22-14(2)18(16)11-19-17-5-3-4-6-20(17)23(21(13)19)10-8-15-12-24-15/h3-7,9,11,15H,8,10,12H2,1-2H3/t15-/m0/s1. The molecule has 5 rings (SSSR count). The number of benzene rings is 2. The minimum atomic E-state index is 0.452. The lowest BCUT2D eigenvalue weighted by molar-refractivity contribution is 0.387. The Morgan fingerprint density at radius 1 is 1.08 bits per heavy atom. The molecule has 0 aliphatic carbocycles. The smallest absolute Gasteiger partial charge is 0.0826 e. The predicted molar refractivity (Wildman–Crippen MR) is 98.6 cm³/mol. The van der Waals surface area contributed by atoms with Gasteiger partial charge in [0.15, 0.2) is 0 Å². The lowest BCUT2D eigenvalue weighted by Crippen LogP contribution is -2.02. The molecule has 2 aromatic carbocycles. The van der Waals surface area contributed by atoms with E-state index in [0.717, 1.165) is 25.3 Å². The first-order chi connectivity index (χ1) is 11.7. The first-order valence-electron chi connectivity index (χ1n) is 8.61. The van der Waals surface area contributed by atoms with Crippen molar-refractivity contribution in [3.8, 4) is 0 Å². The third kappa shape index (κ3) is 1.98. The minimum absolute atomic E-state index is 0.452. The van der Waals surface area contributed by atoms with Gasteiger partial charge in [-0.25, -0.2) is 0 Å². The summed E-state index contributed by atoms with van der Waals surface area (Å²) in [5.74, 6) is 0. The van der Waals surface area contributed by atoms with Crippen LogP contribution in [0.1, 0.15) is 17.7 Å². The van der Waals surface area contributed by atoms with E-state index in [9.17, 15) is 0 Å². The average Bonchev–Trinajstić information content (AvgIpc) is 3.37. The van der Waals surface area contributed by atoms with Crippen LogP contribution in [-0.2, 0) is 11.3 Å². The largest absolute Gasteiger partial charge is 0.373 e. The molecule has 0 N–H and O–H groups in total. The normalized spacial score (nSPS) is 17.2. The van der Waals surface area contributed by atoms with Crippen molar-refractivity contribution in [1.82, 2.24) is 9.55 Å². The van der Waals surface area contributed by atoms with E-state index in [1.165, 1.54) is 38.1 Å². The van der Waals surface area contributed by atoms with Crippen molar-refractivity contribution in [3.05, 3.63) is 53.9 Å². The molecule has 0 spiro atoms. The van der Waals surface area contributed by atoms with E-state index in [2.05, 4.69) is 59.8 Å².